The molecule has 0 aliphatic carbocycles. The summed E-state index contributed by atoms with van der Waals surface area (Å²) in [6.45, 7) is 6.95. The molecule has 25 heavy (non-hydrogen) atoms. The number of rotatable bonds is 6. The van der Waals surface area contributed by atoms with Crippen LogP contribution in [0.5, 0.6) is 0 Å². The Morgan fingerprint density at radius 3 is 2.76 bits per heavy atom. The number of benzene rings is 1. The van der Waals surface area contributed by atoms with Crippen molar-refractivity contribution < 1.29 is 4.79 Å². The van der Waals surface area contributed by atoms with Crippen LogP contribution < -0.4 is 10.6 Å². The largest absolute Gasteiger partial charge is 0.317 e. The summed E-state index contributed by atoms with van der Waals surface area (Å²) in [5, 5.41) is 11.0. The number of piperidine rings is 1. The molecule has 134 valence electrons. The highest BCUT2D eigenvalue weighted by atomic mass is 16.1. The molecular formula is C20H28N4O. The standard InChI is InChI=1S/C20H28N4O/c1-15(18-8-10-21-11-9-18)12-20(25)22-19-13-16(2)23-24(19)14-17-6-4-3-5-7-17/h3-7,13,15,18,21H,8-12,14H2,1-2H3,(H,22,25). The van der Waals surface area contributed by atoms with Gasteiger partial charge in [0.05, 0.1) is 12.2 Å². The van der Waals surface area contributed by atoms with Crippen molar-refractivity contribution >= 4 is 11.7 Å². The molecule has 0 saturated carbocycles. The van der Waals surface area contributed by atoms with Crippen LogP contribution in [0, 0.1) is 18.8 Å². The van der Waals surface area contributed by atoms with E-state index in [0.29, 0.717) is 24.8 Å². The third-order valence-electron chi connectivity index (χ3n) is 5.04. The van der Waals surface area contributed by atoms with Crippen LogP contribution in [0.2, 0.25) is 0 Å². The minimum atomic E-state index is 0.0836. The third kappa shape index (κ3) is 4.92. The average Bonchev–Trinajstić information content (AvgIpc) is 2.95. The number of hydrogen-bond donors (Lipinski definition) is 2. The molecule has 1 aliphatic heterocycles. The van der Waals surface area contributed by atoms with Crippen molar-refractivity contribution in [3.05, 3.63) is 47.7 Å². The highest BCUT2D eigenvalue weighted by Gasteiger charge is 2.22. The lowest BCUT2D eigenvalue weighted by atomic mass is 9.84. The zero-order valence-corrected chi connectivity index (χ0v) is 15.2. The van der Waals surface area contributed by atoms with Crippen LogP contribution in [0.25, 0.3) is 0 Å². The molecule has 1 unspecified atom stereocenters. The number of nitrogens with zero attached hydrogens (tertiary/aromatic N) is 2. The molecule has 1 fully saturated rings. The molecule has 2 heterocycles. The Kier molecular flexibility index (Phi) is 5.87. The maximum absolute atomic E-state index is 12.5. The van der Waals surface area contributed by atoms with Gasteiger partial charge in [-0.25, -0.2) is 4.68 Å². The van der Waals surface area contributed by atoms with E-state index >= 15 is 0 Å². The molecule has 3 rings (SSSR count). The zero-order valence-electron chi connectivity index (χ0n) is 15.2. The van der Waals surface area contributed by atoms with Crippen LogP contribution in [-0.4, -0.2) is 28.8 Å². The Labute approximate surface area is 149 Å². The van der Waals surface area contributed by atoms with Gasteiger partial charge in [-0.05, 0) is 50.3 Å². The summed E-state index contributed by atoms with van der Waals surface area (Å²) in [7, 11) is 0. The first kappa shape index (κ1) is 17.7. The topological polar surface area (TPSA) is 59.0 Å². The second kappa shape index (κ2) is 8.30. The lowest BCUT2D eigenvalue weighted by Gasteiger charge is -2.27. The Hall–Kier alpha value is -2.14. The van der Waals surface area contributed by atoms with Crippen molar-refractivity contribution in [2.24, 2.45) is 11.8 Å². The third-order valence-corrected chi connectivity index (χ3v) is 5.04. The van der Waals surface area contributed by atoms with Crippen molar-refractivity contribution in [2.75, 3.05) is 18.4 Å². The SMILES string of the molecule is Cc1cc(NC(=O)CC(C)C2CCNCC2)n(Cc2ccccc2)n1. The first-order valence-corrected chi connectivity index (χ1v) is 9.21. The minimum absolute atomic E-state index is 0.0836. The molecule has 0 radical (unpaired) electrons. The Morgan fingerprint density at radius 2 is 2.04 bits per heavy atom. The number of hydrogen-bond acceptors (Lipinski definition) is 3. The van der Waals surface area contributed by atoms with Gasteiger partial charge < -0.3 is 10.6 Å². The number of aryl methyl sites for hydroxylation is 1. The maximum atomic E-state index is 12.5. The van der Waals surface area contributed by atoms with E-state index in [1.165, 1.54) is 18.4 Å². The van der Waals surface area contributed by atoms with Crippen molar-refractivity contribution in [2.45, 2.75) is 39.7 Å². The van der Waals surface area contributed by atoms with E-state index in [9.17, 15) is 4.79 Å². The zero-order chi connectivity index (χ0) is 17.6. The number of amides is 1. The van der Waals surface area contributed by atoms with Crippen molar-refractivity contribution in [3.8, 4) is 0 Å². The van der Waals surface area contributed by atoms with E-state index in [0.717, 1.165) is 24.6 Å². The smallest absolute Gasteiger partial charge is 0.225 e. The lowest BCUT2D eigenvalue weighted by Crippen LogP contribution is -2.32. The van der Waals surface area contributed by atoms with E-state index in [4.69, 9.17) is 0 Å². The molecule has 0 spiro atoms. The molecule has 1 aliphatic rings. The molecule has 1 aromatic carbocycles. The maximum Gasteiger partial charge on any atom is 0.225 e. The van der Waals surface area contributed by atoms with Crippen LogP contribution in [0.1, 0.15) is 37.4 Å². The molecule has 2 aromatic rings. The molecule has 1 amide bonds. The van der Waals surface area contributed by atoms with Gasteiger partial charge in [0.25, 0.3) is 0 Å². The average molecular weight is 340 g/mol. The predicted molar refractivity (Wildman–Crippen MR) is 101 cm³/mol. The van der Waals surface area contributed by atoms with Gasteiger partial charge in [-0.2, -0.15) is 5.10 Å². The normalized spacial score (nSPS) is 16.6. The van der Waals surface area contributed by atoms with Gasteiger partial charge in [0, 0.05) is 12.5 Å². The quantitative estimate of drug-likeness (QED) is 0.849. The molecule has 1 saturated heterocycles. The van der Waals surface area contributed by atoms with Crippen LogP contribution >= 0.6 is 0 Å². The Morgan fingerprint density at radius 1 is 1.32 bits per heavy atom. The summed E-state index contributed by atoms with van der Waals surface area (Å²) >= 11 is 0. The fourth-order valence-corrected chi connectivity index (χ4v) is 3.59. The lowest BCUT2D eigenvalue weighted by molar-refractivity contribution is -0.117. The minimum Gasteiger partial charge on any atom is -0.317 e. The van der Waals surface area contributed by atoms with Gasteiger partial charge in [0.2, 0.25) is 5.91 Å². The molecule has 5 nitrogen and oxygen atoms in total. The molecule has 1 atom stereocenters. The second-order valence-electron chi connectivity index (χ2n) is 7.13. The van der Waals surface area contributed by atoms with Gasteiger partial charge in [0.15, 0.2) is 0 Å². The van der Waals surface area contributed by atoms with Crippen molar-refractivity contribution in [1.29, 1.82) is 0 Å². The molecular weight excluding hydrogens is 312 g/mol. The first-order chi connectivity index (χ1) is 12.1. The molecule has 0 bridgehead atoms. The second-order valence-corrected chi connectivity index (χ2v) is 7.13. The summed E-state index contributed by atoms with van der Waals surface area (Å²) < 4.78 is 1.87. The van der Waals surface area contributed by atoms with Crippen LogP contribution in [0.15, 0.2) is 36.4 Å². The summed E-state index contributed by atoms with van der Waals surface area (Å²) in [6, 6.07) is 12.1. The Balaban J connectivity index is 1.61. The van der Waals surface area contributed by atoms with Crippen molar-refractivity contribution in [3.63, 3.8) is 0 Å². The van der Waals surface area contributed by atoms with Gasteiger partial charge in [-0.15, -0.1) is 0 Å². The number of carbonyl (C=O) groups is 1. The van der Waals surface area contributed by atoms with E-state index < -0.39 is 0 Å². The number of anilines is 1. The van der Waals surface area contributed by atoms with Crippen LogP contribution in [0.4, 0.5) is 5.82 Å². The van der Waals surface area contributed by atoms with E-state index in [1.54, 1.807) is 0 Å². The number of carbonyl (C=O) groups excluding carboxylic acids is 1. The van der Waals surface area contributed by atoms with Gasteiger partial charge in [-0.3, -0.25) is 4.79 Å². The summed E-state index contributed by atoms with van der Waals surface area (Å²) in [6.07, 6.45) is 2.90. The van der Waals surface area contributed by atoms with Crippen molar-refractivity contribution in [1.82, 2.24) is 15.1 Å². The molecule has 2 N–H and O–H groups in total. The van der Waals surface area contributed by atoms with Crippen LogP contribution in [-0.2, 0) is 11.3 Å². The Bertz CT molecular complexity index is 689. The number of nitrogens with one attached hydrogen (secondary N) is 2. The monoisotopic (exact) mass is 340 g/mol. The van der Waals surface area contributed by atoms with Gasteiger partial charge in [0.1, 0.15) is 5.82 Å². The highest BCUT2D eigenvalue weighted by molar-refractivity contribution is 5.90. The highest BCUT2D eigenvalue weighted by Crippen LogP contribution is 2.25. The van der Waals surface area contributed by atoms with Gasteiger partial charge >= 0.3 is 0 Å². The number of aromatic nitrogens is 2. The summed E-state index contributed by atoms with van der Waals surface area (Å²) in [4.78, 5) is 12.5. The van der Waals surface area contributed by atoms with Gasteiger partial charge in [-0.1, -0.05) is 37.3 Å². The summed E-state index contributed by atoms with van der Waals surface area (Å²) in [5.74, 6) is 1.92. The van der Waals surface area contributed by atoms with E-state index in [1.807, 2.05) is 35.9 Å². The summed E-state index contributed by atoms with van der Waals surface area (Å²) in [5.41, 5.74) is 2.09. The first-order valence-electron chi connectivity index (χ1n) is 9.21. The van der Waals surface area contributed by atoms with E-state index in [2.05, 4.69) is 34.8 Å². The van der Waals surface area contributed by atoms with Crippen LogP contribution in [0.3, 0.4) is 0 Å². The predicted octanol–water partition coefficient (Wildman–Crippen LogP) is 3.20. The van der Waals surface area contributed by atoms with E-state index in [-0.39, 0.29) is 5.91 Å². The molecule has 1 aromatic heterocycles. The molecule has 5 heteroatoms. The fourth-order valence-electron chi connectivity index (χ4n) is 3.59. The fraction of sp³-hybridized carbons (Fsp3) is 0.500.